The van der Waals surface area contributed by atoms with E-state index in [0.717, 1.165) is 50.3 Å². The molecule has 5 nitrogen and oxygen atoms in total. The summed E-state index contributed by atoms with van der Waals surface area (Å²) in [4.78, 5) is 9.46. The normalized spacial score (nSPS) is 11.0. The molecule has 0 spiro atoms. The van der Waals surface area contributed by atoms with E-state index in [-0.39, 0.29) is 26.8 Å². The summed E-state index contributed by atoms with van der Waals surface area (Å²) in [5.41, 5.74) is 10.3. The van der Waals surface area contributed by atoms with Gasteiger partial charge >= 0.3 is 0 Å². The third-order valence-electron chi connectivity index (χ3n) is 9.28. The fraction of sp³-hybridized carbons (Fsp3) is 0. The molecule has 52 heavy (non-hydrogen) atoms. The first-order valence-electron chi connectivity index (χ1n) is 16.9. The first-order chi connectivity index (χ1) is 25.2. The monoisotopic (exact) mass is 850 g/mol. The van der Waals surface area contributed by atoms with Crippen LogP contribution in [0.15, 0.2) is 182 Å². The molecule has 0 unspecified atom stereocenters. The number of nitrogens with zero attached hydrogens (tertiary/aromatic N) is 4. The van der Waals surface area contributed by atoms with E-state index in [1.54, 1.807) is 6.07 Å². The van der Waals surface area contributed by atoms with Crippen LogP contribution in [-0.4, -0.2) is 24.0 Å². The maximum atomic E-state index is 10.5. The largest absolute Gasteiger partial charge is 0.507 e. The quantitative estimate of drug-likeness (QED) is 0.180. The Morgan fingerprint density at radius 3 is 2.12 bits per heavy atom. The van der Waals surface area contributed by atoms with E-state index in [4.69, 9.17) is 4.98 Å². The van der Waals surface area contributed by atoms with Crippen molar-refractivity contribution < 1.29 is 26.2 Å². The number of phenolic OH excluding ortho intramolecular Hbond substituents is 1. The smallest absolute Gasteiger partial charge is 0.149 e. The van der Waals surface area contributed by atoms with Gasteiger partial charge in [0.25, 0.3) is 0 Å². The molecule has 4 heterocycles. The van der Waals surface area contributed by atoms with Crippen LogP contribution in [0.25, 0.3) is 77.7 Å². The Balaban J connectivity index is 0.000000148. The van der Waals surface area contributed by atoms with Crippen LogP contribution in [0, 0.1) is 6.07 Å². The molecule has 10 aromatic rings. The van der Waals surface area contributed by atoms with Gasteiger partial charge in [-0.15, -0.1) is 35.9 Å². The Morgan fingerprint density at radius 2 is 1.29 bits per heavy atom. The number of hydrogen-bond acceptors (Lipinski definition) is 3. The maximum absolute atomic E-state index is 10.5. The van der Waals surface area contributed by atoms with Gasteiger partial charge < -0.3 is 14.5 Å². The number of aromatic nitrogens is 4. The second kappa shape index (κ2) is 14.1. The van der Waals surface area contributed by atoms with Crippen LogP contribution in [0.5, 0.6) is 5.75 Å². The number of fused-ring (bicyclic) bond motifs is 6. The van der Waals surface area contributed by atoms with Gasteiger partial charge in [-0.05, 0) is 59.8 Å². The minimum Gasteiger partial charge on any atom is -0.507 e. The number of benzene rings is 6. The Hall–Kier alpha value is -6.29. The molecule has 0 atom stereocenters. The molecule has 0 fully saturated rings. The fourth-order valence-electron chi connectivity index (χ4n) is 6.86. The first kappa shape index (κ1) is 32.9. The molecule has 6 aromatic carbocycles. The van der Waals surface area contributed by atoms with Gasteiger partial charge in [0, 0.05) is 55.2 Å². The average molecular weight is 851 g/mol. The zero-order valence-corrected chi connectivity index (χ0v) is 30.1. The van der Waals surface area contributed by atoms with Crippen molar-refractivity contribution in [2.45, 2.75) is 0 Å². The second-order valence-electron chi connectivity index (χ2n) is 12.4. The van der Waals surface area contributed by atoms with Gasteiger partial charge in [-0.1, -0.05) is 97.1 Å². The van der Waals surface area contributed by atoms with E-state index in [2.05, 4.69) is 99.0 Å². The SMILES string of the molecule is Oc1ccccc1-c1nc2ccccc2n1-c1ccccc1-c1ccccc1.[Pt].[c-]1ccccc1-c1cc2c(ccn3c4ccccc4cc23)cn1. The van der Waals surface area contributed by atoms with Crippen LogP contribution in [0.3, 0.4) is 0 Å². The average Bonchev–Trinajstić information content (AvgIpc) is 3.78. The molecule has 0 aliphatic carbocycles. The van der Waals surface area contributed by atoms with Crippen LogP contribution in [-0.2, 0) is 21.1 Å². The molecule has 0 saturated carbocycles. The standard InChI is InChI=1S/C25H18N2O.C21H13N2.Pt/c28-24-17-9-5-13-20(24)25-26-21-14-6-8-16-23(21)27(25)22-15-7-4-12-19(22)18-10-2-1-3-11-18;1-2-6-15(7-3-1)19-13-18-17(14-22-19)10-11-23-20-9-5-4-8-16(20)12-21(18)23;/h1-17,28H;1-6,8-14H;/q;-1;. The number of phenols is 1. The minimum atomic E-state index is 0. The van der Waals surface area contributed by atoms with Crippen LogP contribution in [0.2, 0.25) is 0 Å². The van der Waals surface area contributed by atoms with E-state index in [0.29, 0.717) is 5.56 Å². The molecule has 1 N–H and O–H groups in total. The molecule has 0 amide bonds. The summed E-state index contributed by atoms with van der Waals surface area (Å²) < 4.78 is 4.38. The van der Waals surface area contributed by atoms with Gasteiger partial charge in [-0.2, -0.15) is 0 Å². The Labute approximate surface area is 315 Å². The van der Waals surface area contributed by atoms with E-state index < -0.39 is 0 Å². The zero-order chi connectivity index (χ0) is 34.1. The topological polar surface area (TPSA) is 55.4 Å². The summed E-state index contributed by atoms with van der Waals surface area (Å²) in [6, 6.07) is 60.2. The third-order valence-corrected chi connectivity index (χ3v) is 9.28. The second-order valence-corrected chi connectivity index (χ2v) is 12.4. The van der Waals surface area contributed by atoms with E-state index in [1.165, 1.54) is 21.8 Å². The van der Waals surface area contributed by atoms with Crippen molar-refractivity contribution in [3.63, 3.8) is 0 Å². The van der Waals surface area contributed by atoms with Gasteiger partial charge in [0.05, 0.1) is 33.3 Å². The summed E-state index contributed by atoms with van der Waals surface area (Å²) in [7, 11) is 0. The van der Waals surface area contributed by atoms with Crippen molar-refractivity contribution in [3.8, 4) is 45.2 Å². The molecule has 0 saturated heterocycles. The molecular formula is C46H31N4OPt-. The van der Waals surface area contributed by atoms with E-state index in [9.17, 15) is 5.11 Å². The summed E-state index contributed by atoms with van der Waals surface area (Å²) in [6.07, 6.45) is 4.07. The van der Waals surface area contributed by atoms with E-state index in [1.807, 2.05) is 97.2 Å². The fourth-order valence-corrected chi connectivity index (χ4v) is 6.86. The molecule has 252 valence electrons. The maximum Gasteiger partial charge on any atom is 0.149 e. The van der Waals surface area contributed by atoms with E-state index >= 15 is 0 Å². The summed E-state index contributed by atoms with van der Waals surface area (Å²) >= 11 is 0. The molecule has 0 bridgehead atoms. The van der Waals surface area contributed by atoms with Crippen LogP contribution < -0.4 is 0 Å². The predicted octanol–water partition coefficient (Wildman–Crippen LogP) is 11.2. The van der Waals surface area contributed by atoms with Gasteiger partial charge in [0.15, 0.2) is 0 Å². The Kier molecular flexibility index (Phi) is 8.95. The predicted molar refractivity (Wildman–Crippen MR) is 208 cm³/mol. The van der Waals surface area contributed by atoms with Crippen molar-refractivity contribution in [1.82, 2.24) is 18.9 Å². The number of pyridine rings is 2. The zero-order valence-electron chi connectivity index (χ0n) is 27.9. The molecule has 0 aliphatic heterocycles. The number of imidazole rings is 1. The number of hydrogen-bond donors (Lipinski definition) is 1. The number of aromatic hydroxyl groups is 1. The van der Waals surface area contributed by atoms with Crippen molar-refractivity contribution >= 4 is 38.2 Å². The number of rotatable bonds is 4. The van der Waals surface area contributed by atoms with Crippen LogP contribution in [0.4, 0.5) is 0 Å². The molecule has 4 aromatic heterocycles. The molecule has 10 rings (SSSR count). The van der Waals surface area contributed by atoms with Gasteiger partial charge in [0.2, 0.25) is 0 Å². The first-order valence-corrected chi connectivity index (χ1v) is 16.9. The molecule has 0 radical (unpaired) electrons. The molecule has 6 heteroatoms. The van der Waals surface area contributed by atoms with Crippen LogP contribution >= 0.6 is 0 Å². The molecule has 0 aliphatic rings. The van der Waals surface area contributed by atoms with Crippen molar-refractivity contribution in [3.05, 3.63) is 188 Å². The van der Waals surface area contributed by atoms with Gasteiger partial charge in [0.1, 0.15) is 11.6 Å². The third kappa shape index (κ3) is 5.95. The summed E-state index contributed by atoms with van der Waals surface area (Å²) in [5, 5.41) is 14.1. The summed E-state index contributed by atoms with van der Waals surface area (Å²) in [5.74, 6) is 0.943. The van der Waals surface area contributed by atoms with Crippen molar-refractivity contribution in [2.24, 2.45) is 0 Å². The van der Waals surface area contributed by atoms with Crippen LogP contribution in [0.1, 0.15) is 0 Å². The minimum absolute atomic E-state index is 0. The molecular weight excluding hydrogens is 820 g/mol. The Morgan fingerprint density at radius 1 is 0.577 bits per heavy atom. The summed E-state index contributed by atoms with van der Waals surface area (Å²) in [6.45, 7) is 0. The Bertz CT molecular complexity index is 2830. The van der Waals surface area contributed by atoms with Crippen molar-refractivity contribution in [2.75, 3.05) is 0 Å². The van der Waals surface area contributed by atoms with Crippen molar-refractivity contribution in [1.29, 1.82) is 0 Å². The van der Waals surface area contributed by atoms with Gasteiger partial charge in [-0.25, -0.2) is 4.98 Å². The van der Waals surface area contributed by atoms with Gasteiger partial charge in [-0.3, -0.25) is 4.57 Å². The number of para-hydroxylation sites is 5.